The van der Waals surface area contributed by atoms with Crippen LogP contribution in [0.15, 0.2) is 24.3 Å². The Bertz CT molecular complexity index is 2140. The molecule has 25 heteroatoms. The second-order valence-electron chi connectivity index (χ2n) is 27.7. The number of allylic oxidation sites excluding steroid dienone is 4. The summed E-state index contributed by atoms with van der Waals surface area (Å²) in [6.07, 6.45) is 16.6. The van der Waals surface area contributed by atoms with Gasteiger partial charge in [0.25, 0.3) is 0 Å². The summed E-state index contributed by atoms with van der Waals surface area (Å²) in [5.74, 6) is -1.99. The molecule has 1 saturated carbocycles. The van der Waals surface area contributed by atoms with Crippen molar-refractivity contribution < 1.29 is 117 Å². The second kappa shape index (κ2) is 55.9. The standard InChI is InChI=1S/C74H135O24P/c1-4-7-10-13-16-19-22-25-28-31-33-36-39-42-45-48-58(76)90-52-55(93-60(78)50-47-44-41-38-35-30-27-24-21-18-15-12-9-6-3)53-92-99(88,89)98-72-70(96-73-68(86)63(81)61(79)56(51-75)94-73)66(84)65(83)67(85)71(72)97-74-69(87)64(82)62(80)57(95-74)54-91-59(77)49-46-43-40-37-34-32-29-26-23-20-17-14-11-8-5-2/h19-20,22-23,55-57,61-75,79-87H,4-18,21,24-54H2,1-3H3,(H,88,89)/b22-19-,23-20-. The zero-order valence-corrected chi connectivity index (χ0v) is 61.4. The Balaban J connectivity index is 1.72. The highest BCUT2D eigenvalue weighted by Crippen LogP contribution is 2.49. The summed E-state index contributed by atoms with van der Waals surface area (Å²) < 4.78 is 65.1. The molecular weight excluding hydrogens is 1300 g/mol. The monoisotopic (exact) mass is 1440 g/mol. The van der Waals surface area contributed by atoms with Crippen LogP contribution in [-0.2, 0) is 61.2 Å². The molecule has 0 aromatic rings. The molecule has 0 aromatic heterocycles. The number of phosphoric ester groups is 1. The molecule has 2 heterocycles. The summed E-state index contributed by atoms with van der Waals surface area (Å²) in [4.78, 5) is 51.0. The molecule has 99 heavy (non-hydrogen) atoms. The first-order valence-corrected chi connectivity index (χ1v) is 40.1. The molecule has 2 aliphatic heterocycles. The van der Waals surface area contributed by atoms with Crippen molar-refractivity contribution in [3.8, 4) is 0 Å². The molecule has 0 amide bonds. The number of carbonyl (C=O) groups is 3. The molecule has 1 aliphatic carbocycles. The maximum absolute atomic E-state index is 14.3. The van der Waals surface area contributed by atoms with E-state index in [0.29, 0.717) is 19.3 Å². The van der Waals surface area contributed by atoms with Crippen LogP contribution in [0, 0.1) is 0 Å². The fraction of sp³-hybridized carbons (Fsp3) is 0.905. The molecule has 18 atom stereocenters. The molecule has 580 valence electrons. The number of unbranched alkanes of at least 4 members (excludes halogenated alkanes) is 35. The number of hydrogen-bond donors (Lipinski definition) is 11. The summed E-state index contributed by atoms with van der Waals surface area (Å²) in [7, 11) is -5.70. The first-order valence-electron chi connectivity index (χ1n) is 38.6. The van der Waals surface area contributed by atoms with E-state index < -0.39 is 156 Å². The van der Waals surface area contributed by atoms with Crippen molar-refractivity contribution in [2.45, 2.75) is 401 Å². The van der Waals surface area contributed by atoms with E-state index in [1.54, 1.807) is 0 Å². The molecular formula is C74H135O24P. The van der Waals surface area contributed by atoms with Gasteiger partial charge in [0.1, 0.15) is 98.7 Å². The van der Waals surface area contributed by atoms with Crippen molar-refractivity contribution in [1.29, 1.82) is 0 Å². The number of aliphatic hydroxyl groups excluding tert-OH is 10. The lowest BCUT2D eigenvalue weighted by atomic mass is 9.84. The molecule has 24 nitrogen and oxygen atoms in total. The van der Waals surface area contributed by atoms with Crippen LogP contribution < -0.4 is 0 Å². The van der Waals surface area contributed by atoms with Crippen LogP contribution in [-0.4, -0.2) is 204 Å². The van der Waals surface area contributed by atoms with E-state index >= 15 is 0 Å². The van der Waals surface area contributed by atoms with Crippen molar-refractivity contribution in [3.63, 3.8) is 0 Å². The quantitative estimate of drug-likeness (QED) is 0.00886. The predicted molar refractivity (Wildman–Crippen MR) is 374 cm³/mol. The Morgan fingerprint density at radius 2 is 0.707 bits per heavy atom. The highest BCUT2D eigenvalue weighted by molar-refractivity contribution is 7.47. The van der Waals surface area contributed by atoms with Gasteiger partial charge in [0.2, 0.25) is 0 Å². The van der Waals surface area contributed by atoms with E-state index in [1.165, 1.54) is 103 Å². The number of esters is 3. The largest absolute Gasteiger partial charge is 0.472 e. The van der Waals surface area contributed by atoms with Crippen LogP contribution >= 0.6 is 7.82 Å². The summed E-state index contributed by atoms with van der Waals surface area (Å²) in [6, 6.07) is 0. The first kappa shape index (κ1) is 90.7. The van der Waals surface area contributed by atoms with Gasteiger partial charge in [0, 0.05) is 19.3 Å². The minimum Gasteiger partial charge on any atom is -0.463 e. The third-order valence-corrected chi connectivity index (χ3v) is 19.9. The number of aliphatic hydroxyl groups is 10. The molecule has 0 spiro atoms. The molecule has 0 bridgehead atoms. The molecule has 11 N–H and O–H groups in total. The summed E-state index contributed by atoms with van der Waals surface area (Å²) in [6.45, 7) is 3.43. The minimum absolute atomic E-state index is 0.0236. The van der Waals surface area contributed by atoms with Crippen LogP contribution in [0.4, 0.5) is 0 Å². The summed E-state index contributed by atoms with van der Waals surface area (Å²) in [5, 5.41) is 110. The van der Waals surface area contributed by atoms with Gasteiger partial charge in [0.05, 0.1) is 13.2 Å². The SMILES string of the molecule is CCCCCC/C=C\CCCCCCCCCC(=O)OCC(COP(=O)(O)OC1C(OC2OC(CO)C(O)C(O)C2O)C(O)C(O)C(O)C1OC1OC(COC(=O)CCCCCCCCC/C=C\CCCCCC)C(O)C(O)C1O)OC(=O)CCCCCCCCCCCCCCCC. The van der Waals surface area contributed by atoms with Crippen molar-refractivity contribution >= 4 is 25.7 Å². The zero-order valence-electron chi connectivity index (χ0n) is 60.5. The maximum atomic E-state index is 14.3. The number of carbonyl (C=O) groups excluding carboxylic acids is 3. The normalized spacial score (nSPS) is 27.6. The first-order chi connectivity index (χ1) is 47.8. The van der Waals surface area contributed by atoms with E-state index in [1.807, 2.05) is 0 Å². The Morgan fingerprint density at radius 1 is 0.384 bits per heavy atom. The van der Waals surface area contributed by atoms with Crippen LogP contribution in [0.5, 0.6) is 0 Å². The lowest BCUT2D eigenvalue weighted by molar-refractivity contribution is -0.360. The predicted octanol–water partition coefficient (Wildman–Crippen LogP) is 10.9. The van der Waals surface area contributed by atoms with Crippen molar-refractivity contribution in [1.82, 2.24) is 0 Å². The maximum Gasteiger partial charge on any atom is 0.472 e. The third-order valence-electron chi connectivity index (χ3n) is 19.0. The zero-order chi connectivity index (χ0) is 72.5. The number of phosphoric acid groups is 1. The molecule has 0 radical (unpaired) electrons. The van der Waals surface area contributed by atoms with Gasteiger partial charge in [-0.1, -0.05) is 231 Å². The van der Waals surface area contributed by atoms with Gasteiger partial charge >= 0.3 is 25.7 Å². The Morgan fingerprint density at radius 3 is 1.10 bits per heavy atom. The van der Waals surface area contributed by atoms with Gasteiger partial charge in [-0.3, -0.25) is 23.4 Å². The highest BCUT2D eigenvalue weighted by atomic mass is 31.2. The van der Waals surface area contributed by atoms with Crippen molar-refractivity contribution in [3.05, 3.63) is 24.3 Å². The summed E-state index contributed by atoms with van der Waals surface area (Å²) >= 11 is 0. The molecule has 3 fully saturated rings. The Labute approximate surface area is 592 Å². The average Bonchev–Trinajstić information content (AvgIpc) is 0.762. The number of rotatable bonds is 60. The van der Waals surface area contributed by atoms with E-state index in [9.17, 15) is 74.9 Å². The lowest BCUT2D eigenvalue weighted by Crippen LogP contribution is -2.69. The van der Waals surface area contributed by atoms with Gasteiger partial charge < -0.3 is 89.1 Å². The van der Waals surface area contributed by atoms with Gasteiger partial charge in [-0.2, -0.15) is 0 Å². The average molecular weight is 1440 g/mol. The van der Waals surface area contributed by atoms with Crippen LogP contribution in [0.2, 0.25) is 0 Å². The van der Waals surface area contributed by atoms with Gasteiger partial charge in [-0.25, -0.2) is 4.57 Å². The van der Waals surface area contributed by atoms with E-state index in [0.717, 1.165) is 135 Å². The van der Waals surface area contributed by atoms with Gasteiger partial charge in [0.15, 0.2) is 18.7 Å². The molecule has 18 unspecified atom stereocenters. The summed E-state index contributed by atoms with van der Waals surface area (Å²) in [5.41, 5.74) is 0. The smallest absolute Gasteiger partial charge is 0.463 e. The van der Waals surface area contributed by atoms with Crippen molar-refractivity contribution in [2.75, 3.05) is 26.4 Å². The Hall–Kier alpha value is -2.56. The fourth-order valence-corrected chi connectivity index (χ4v) is 13.6. The topological polar surface area (TPSA) is 374 Å². The van der Waals surface area contributed by atoms with Crippen molar-refractivity contribution in [2.24, 2.45) is 0 Å². The van der Waals surface area contributed by atoms with Crippen LogP contribution in [0.1, 0.15) is 297 Å². The van der Waals surface area contributed by atoms with Gasteiger partial charge in [-0.15, -0.1) is 0 Å². The Kier molecular flexibility index (Phi) is 51.2. The number of hydrogen-bond acceptors (Lipinski definition) is 23. The third kappa shape index (κ3) is 38.9. The molecule has 3 rings (SSSR count). The molecule has 0 aromatic carbocycles. The van der Waals surface area contributed by atoms with Crippen LogP contribution in [0.25, 0.3) is 0 Å². The van der Waals surface area contributed by atoms with E-state index in [-0.39, 0.29) is 19.3 Å². The molecule has 2 saturated heterocycles. The van der Waals surface area contributed by atoms with E-state index in [2.05, 4.69) is 45.1 Å². The van der Waals surface area contributed by atoms with Crippen LogP contribution in [0.3, 0.4) is 0 Å². The van der Waals surface area contributed by atoms with Gasteiger partial charge in [-0.05, 0) is 70.6 Å². The molecule has 3 aliphatic rings. The lowest BCUT2D eigenvalue weighted by Gasteiger charge is -2.49. The number of ether oxygens (including phenoxy) is 7. The second-order valence-corrected chi connectivity index (χ2v) is 29.1. The highest BCUT2D eigenvalue weighted by Gasteiger charge is 2.58. The van der Waals surface area contributed by atoms with E-state index in [4.69, 9.17) is 42.2 Å². The minimum atomic E-state index is -5.70. The fourth-order valence-electron chi connectivity index (χ4n) is 12.6.